The standard InChI is InChI=1S/C11H17N5O3/c1-15-6-4-8(10(15)17)16-7(3-5-12)9(13-14-16)11(18)19-2/h8H,3-6,12H2,1-2H3. The van der Waals surface area contributed by atoms with E-state index in [1.165, 1.54) is 11.8 Å². The van der Waals surface area contributed by atoms with Gasteiger partial charge in [0.15, 0.2) is 5.69 Å². The van der Waals surface area contributed by atoms with E-state index in [2.05, 4.69) is 15.0 Å². The lowest BCUT2D eigenvalue weighted by Gasteiger charge is -2.13. The van der Waals surface area contributed by atoms with Crippen LogP contribution in [0.3, 0.4) is 0 Å². The molecule has 0 aromatic carbocycles. The van der Waals surface area contributed by atoms with Crippen molar-refractivity contribution in [2.75, 3.05) is 27.2 Å². The SMILES string of the molecule is COC(=O)c1nnn(C2CCN(C)C2=O)c1CCN. The van der Waals surface area contributed by atoms with E-state index in [-0.39, 0.29) is 11.6 Å². The molecule has 2 N–H and O–H groups in total. The first-order valence-electron chi connectivity index (χ1n) is 6.07. The van der Waals surface area contributed by atoms with E-state index in [4.69, 9.17) is 5.73 Å². The predicted molar refractivity (Wildman–Crippen MR) is 65.4 cm³/mol. The minimum Gasteiger partial charge on any atom is -0.464 e. The topological polar surface area (TPSA) is 103 Å². The summed E-state index contributed by atoms with van der Waals surface area (Å²) in [5.74, 6) is -0.590. The van der Waals surface area contributed by atoms with Gasteiger partial charge in [-0.15, -0.1) is 5.10 Å². The molecule has 1 fully saturated rings. The van der Waals surface area contributed by atoms with Crippen LogP contribution in [0.15, 0.2) is 0 Å². The molecule has 0 radical (unpaired) electrons. The number of carbonyl (C=O) groups excluding carboxylic acids is 2. The van der Waals surface area contributed by atoms with Crippen molar-refractivity contribution in [1.29, 1.82) is 0 Å². The van der Waals surface area contributed by atoms with Crippen molar-refractivity contribution in [3.63, 3.8) is 0 Å². The zero-order chi connectivity index (χ0) is 14.0. The molecule has 19 heavy (non-hydrogen) atoms. The molecule has 0 aliphatic carbocycles. The highest BCUT2D eigenvalue weighted by Gasteiger charge is 2.34. The summed E-state index contributed by atoms with van der Waals surface area (Å²) in [6.45, 7) is 1.01. The van der Waals surface area contributed by atoms with E-state index in [1.807, 2.05) is 0 Å². The largest absolute Gasteiger partial charge is 0.464 e. The number of aromatic nitrogens is 3. The Bertz CT molecular complexity index is 499. The van der Waals surface area contributed by atoms with Gasteiger partial charge in [-0.3, -0.25) is 4.79 Å². The normalized spacial score (nSPS) is 19.0. The summed E-state index contributed by atoms with van der Waals surface area (Å²) in [5, 5.41) is 7.76. The second-order valence-electron chi connectivity index (χ2n) is 4.42. The van der Waals surface area contributed by atoms with Crippen molar-refractivity contribution in [1.82, 2.24) is 19.9 Å². The Hall–Kier alpha value is -1.96. The lowest BCUT2D eigenvalue weighted by Crippen LogP contribution is -2.26. The number of nitrogens with zero attached hydrogens (tertiary/aromatic N) is 4. The quantitative estimate of drug-likeness (QED) is 0.699. The van der Waals surface area contributed by atoms with E-state index in [1.54, 1.807) is 11.9 Å². The molecule has 0 spiro atoms. The first kappa shape index (κ1) is 13.5. The molecule has 2 rings (SSSR count). The van der Waals surface area contributed by atoms with Crippen molar-refractivity contribution >= 4 is 11.9 Å². The van der Waals surface area contributed by atoms with Crippen LogP contribution in [-0.4, -0.2) is 59.0 Å². The van der Waals surface area contributed by atoms with Gasteiger partial charge in [0, 0.05) is 20.0 Å². The fraction of sp³-hybridized carbons (Fsp3) is 0.636. The van der Waals surface area contributed by atoms with Crippen LogP contribution in [0.4, 0.5) is 0 Å². The summed E-state index contributed by atoms with van der Waals surface area (Å²) in [5.41, 5.74) is 6.24. The second kappa shape index (κ2) is 5.35. The minimum atomic E-state index is -0.562. The van der Waals surface area contributed by atoms with Gasteiger partial charge in [0.25, 0.3) is 0 Å². The van der Waals surface area contributed by atoms with Gasteiger partial charge in [0.1, 0.15) is 6.04 Å². The minimum absolute atomic E-state index is 0.0282. The van der Waals surface area contributed by atoms with Gasteiger partial charge in [-0.25, -0.2) is 9.48 Å². The average molecular weight is 267 g/mol. The van der Waals surface area contributed by atoms with Crippen LogP contribution in [0.1, 0.15) is 28.6 Å². The molecule has 8 heteroatoms. The van der Waals surface area contributed by atoms with Crippen LogP contribution in [0.2, 0.25) is 0 Å². The summed E-state index contributed by atoms with van der Waals surface area (Å²) in [6, 6.07) is -0.405. The van der Waals surface area contributed by atoms with Crippen molar-refractivity contribution in [2.24, 2.45) is 5.73 Å². The maximum absolute atomic E-state index is 12.0. The van der Waals surface area contributed by atoms with Crippen molar-refractivity contribution < 1.29 is 14.3 Å². The highest BCUT2D eigenvalue weighted by atomic mass is 16.5. The monoisotopic (exact) mass is 267 g/mol. The first-order chi connectivity index (χ1) is 9.10. The van der Waals surface area contributed by atoms with Gasteiger partial charge in [0.2, 0.25) is 5.91 Å². The molecular weight excluding hydrogens is 250 g/mol. The number of hydrogen-bond donors (Lipinski definition) is 1. The molecule has 1 aliphatic heterocycles. The Morgan fingerprint density at radius 3 is 2.84 bits per heavy atom. The van der Waals surface area contributed by atoms with Crippen LogP contribution < -0.4 is 5.73 Å². The van der Waals surface area contributed by atoms with Gasteiger partial charge >= 0.3 is 5.97 Å². The number of likely N-dealkylation sites (tertiary alicyclic amines) is 1. The molecule has 1 aromatic heterocycles. The van der Waals surface area contributed by atoms with Crippen molar-refractivity contribution in [3.8, 4) is 0 Å². The average Bonchev–Trinajstić information content (AvgIpc) is 2.95. The molecule has 1 amide bonds. The molecule has 2 heterocycles. The highest BCUT2D eigenvalue weighted by Crippen LogP contribution is 2.24. The third kappa shape index (κ3) is 2.30. The Labute approximate surface area is 110 Å². The molecule has 1 atom stereocenters. The van der Waals surface area contributed by atoms with E-state index in [0.29, 0.717) is 31.6 Å². The van der Waals surface area contributed by atoms with Crippen molar-refractivity contribution in [2.45, 2.75) is 18.9 Å². The number of amides is 1. The number of methoxy groups -OCH3 is 1. The Morgan fingerprint density at radius 2 is 2.32 bits per heavy atom. The van der Waals surface area contributed by atoms with Crippen LogP contribution in [-0.2, 0) is 16.0 Å². The number of ether oxygens (including phenoxy) is 1. The van der Waals surface area contributed by atoms with Crippen molar-refractivity contribution in [3.05, 3.63) is 11.4 Å². The molecule has 1 aromatic rings. The van der Waals surface area contributed by atoms with Crippen LogP contribution in [0, 0.1) is 0 Å². The van der Waals surface area contributed by atoms with Gasteiger partial charge in [-0.1, -0.05) is 5.21 Å². The van der Waals surface area contributed by atoms with E-state index in [9.17, 15) is 9.59 Å². The molecule has 0 saturated carbocycles. The second-order valence-corrected chi connectivity index (χ2v) is 4.42. The lowest BCUT2D eigenvalue weighted by atomic mass is 10.2. The fourth-order valence-corrected chi connectivity index (χ4v) is 2.22. The number of hydrogen-bond acceptors (Lipinski definition) is 6. The molecule has 1 aliphatic rings. The van der Waals surface area contributed by atoms with Gasteiger partial charge < -0.3 is 15.4 Å². The summed E-state index contributed by atoms with van der Waals surface area (Å²) in [4.78, 5) is 25.2. The fourth-order valence-electron chi connectivity index (χ4n) is 2.22. The van der Waals surface area contributed by atoms with Gasteiger partial charge in [-0.2, -0.15) is 0 Å². The third-order valence-corrected chi connectivity index (χ3v) is 3.25. The van der Waals surface area contributed by atoms with Crippen LogP contribution in [0.5, 0.6) is 0 Å². The molecule has 1 unspecified atom stereocenters. The molecule has 0 bridgehead atoms. The smallest absolute Gasteiger partial charge is 0.360 e. The first-order valence-corrected chi connectivity index (χ1v) is 6.07. The maximum atomic E-state index is 12.0. The van der Waals surface area contributed by atoms with Crippen LogP contribution >= 0.6 is 0 Å². The van der Waals surface area contributed by atoms with Gasteiger partial charge in [0.05, 0.1) is 12.8 Å². The summed E-state index contributed by atoms with van der Waals surface area (Å²) in [6.07, 6.45) is 1.07. The predicted octanol–water partition coefficient (Wildman–Crippen LogP) is -1.03. The highest BCUT2D eigenvalue weighted by molar-refractivity contribution is 5.88. The number of likely N-dealkylation sites (N-methyl/N-ethyl adjacent to an activating group) is 1. The molecule has 8 nitrogen and oxygen atoms in total. The van der Waals surface area contributed by atoms with E-state index in [0.717, 1.165) is 0 Å². The maximum Gasteiger partial charge on any atom is 0.360 e. The number of rotatable bonds is 4. The Kier molecular flexibility index (Phi) is 3.79. The van der Waals surface area contributed by atoms with E-state index < -0.39 is 12.0 Å². The number of esters is 1. The molecule has 104 valence electrons. The Morgan fingerprint density at radius 1 is 1.58 bits per heavy atom. The summed E-state index contributed by atoms with van der Waals surface area (Å²) >= 11 is 0. The van der Waals surface area contributed by atoms with Crippen LogP contribution in [0.25, 0.3) is 0 Å². The third-order valence-electron chi connectivity index (χ3n) is 3.25. The zero-order valence-corrected chi connectivity index (χ0v) is 11.0. The van der Waals surface area contributed by atoms with E-state index >= 15 is 0 Å². The number of carbonyl (C=O) groups is 2. The summed E-state index contributed by atoms with van der Waals surface area (Å²) in [7, 11) is 3.02. The number of nitrogens with two attached hydrogens (primary N) is 1. The zero-order valence-electron chi connectivity index (χ0n) is 11.0. The molecular formula is C11H17N5O3. The van der Waals surface area contributed by atoms with Gasteiger partial charge in [-0.05, 0) is 13.0 Å². The summed E-state index contributed by atoms with van der Waals surface area (Å²) < 4.78 is 6.16. The lowest BCUT2D eigenvalue weighted by molar-refractivity contribution is -0.129. The molecule has 1 saturated heterocycles. The Balaban J connectivity index is 2.38.